The summed E-state index contributed by atoms with van der Waals surface area (Å²) >= 11 is 6.82. The van der Waals surface area contributed by atoms with Crippen LogP contribution in [0.2, 0.25) is 5.02 Å². The highest BCUT2D eigenvalue weighted by Crippen LogP contribution is 2.29. The lowest BCUT2D eigenvalue weighted by molar-refractivity contribution is -0.147. The lowest BCUT2D eigenvalue weighted by Crippen LogP contribution is -2.16. The monoisotopic (exact) mass is 364 g/mol. The number of hydrogen-bond donors (Lipinski definition) is 1. The second-order valence-corrected chi connectivity index (χ2v) is 5.96. The zero-order chi connectivity index (χ0) is 17.2. The minimum atomic E-state index is -4.58. The minimum Gasteiger partial charge on any atom is -0.325 e. The highest BCUT2D eigenvalue weighted by Gasteiger charge is 2.37. The van der Waals surface area contributed by atoms with Gasteiger partial charge in [0.25, 0.3) is 0 Å². The highest BCUT2D eigenvalue weighted by atomic mass is 35.5. The summed E-state index contributed by atoms with van der Waals surface area (Å²) in [5.41, 5.74) is 1.27. The van der Waals surface area contributed by atoms with Crippen LogP contribution >= 0.6 is 23.4 Å². The number of aromatic nitrogens is 3. The minimum absolute atomic E-state index is 0.00953. The first-order chi connectivity index (χ1) is 10.7. The molecule has 0 aliphatic carbocycles. The number of carbonyl (C=O) groups is 1. The second kappa shape index (κ2) is 6.79. The third-order valence-electron chi connectivity index (χ3n) is 2.96. The number of halogens is 4. The lowest BCUT2D eigenvalue weighted by Gasteiger charge is -2.09. The van der Waals surface area contributed by atoms with Gasteiger partial charge in [-0.3, -0.25) is 4.79 Å². The Hall–Kier alpha value is -1.74. The lowest BCUT2D eigenvalue weighted by atomic mass is 10.2. The van der Waals surface area contributed by atoms with Crippen LogP contribution < -0.4 is 5.32 Å². The van der Waals surface area contributed by atoms with E-state index in [1.54, 1.807) is 25.1 Å². The van der Waals surface area contributed by atoms with Gasteiger partial charge >= 0.3 is 6.18 Å². The van der Waals surface area contributed by atoms with Gasteiger partial charge in [-0.25, -0.2) is 0 Å². The number of anilines is 1. The maximum Gasteiger partial charge on any atom is 0.451 e. The van der Waals surface area contributed by atoms with Crippen molar-refractivity contribution in [1.82, 2.24) is 14.8 Å². The van der Waals surface area contributed by atoms with E-state index in [0.29, 0.717) is 16.3 Å². The Morgan fingerprint density at radius 2 is 2.09 bits per heavy atom. The number of carbonyl (C=O) groups excluding carboxylic acids is 1. The number of benzene rings is 1. The van der Waals surface area contributed by atoms with E-state index in [-0.39, 0.29) is 16.8 Å². The maximum absolute atomic E-state index is 12.6. The Morgan fingerprint density at radius 3 is 2.70 bits per heavy atom. The zero-order valence-corrected chi connectivity index (χ0v) is 13.7. The molecule has 1 heterocycles. The first-order valence-corrected chi connectivity index (χ1v) is 7.71. The van der Waals surface area contributed by atoms with Crippen LogP contribution in [0.15, 0.2) is 23.4 Å². The molecule has 0 unspecified atom stereocenters. The third kappa shape index (κ3) is 4.17. The van der Waals surface area contributed by atoms with E-state index >= 15 is 0 Å². The number of nitrogens with zero attached hydrogens (tertiary/aromatic N) is 3. The molecule has 0 radical (unpaired) electrons. The Morgan fingerprint density at radius 1 is 1.39 bits per heavy atom. The van der Waals surface area contributed by atoms with Gasteiger partial charge in [0.1, 0.15) is 0 Å². The summed E-state index contributed by atoms with van der Waals surface area (Å²) in [5, 5.41) is 9.72. The summed E-state index contributed by atoms with van der Waals surface area (Å²) < 4.78 is 38.6. The topological polar surface area (TPSA) is 59.8 Å². The van der Waals surface area contributed by atoms with Crippen molar-refractivity contribution in [3.05, 3.63) is 34.6 Å². The van der Waals surface area contributed by atoms with Gasteiger partial charge in [-0.1, -0.05) is 29.4 Å². The van der Waals surface area contributed by atoms with Crippen LogP contribution in [-0.4, -0.2) is 26.4 Å². The van der Waals surface area contributed by atoms with E-state index in [4.69, 9.17) is 11.6 Å². The fourth-order valence-electron chi connectivity index (χ4n) is 1.75. The summed E-state index contributed by atoms with van der Waals surface area (Å²) in [4.78, 5) is 11.9. The number of hydrogen-bond acceptors (Lipinski definition) is 4. The number of nitrogens with one attached hydrogen (secondary N) is 1. The van der Waals surface area contributed by atoms with Gasteiger partial charge in [0.15, 0.2) is 5.16 Å². The van der Waals surface area contributed by atoms with Gasteiger partial charge in [-0.05, 0) is 24.6 Å². The van der Waals surface area contributed by atoms with E-state index in [9.17, 15) is 18.0 Å². The normalized spacial score (nSPS) is 11.6. The van der Waals surface area contributed by atoms with Gasteiger partial charge in [0, 0.05) is 17.8 Å². The molecule has 2 aromatic rings. The predicted molar refractivity (Wildman–Crippen MR) is 81.5 cm³/mol. The van der Waals surface area contributed by atoms with Crippen molar-refractivity contribution in [3.8, 4) is 0 Å². The molecule has 0 aliphatic heterocycles. The molecular formula is C13H12ClF3N4OS. The molecule has 0 spiro atoms. The molecule has 0 aliphatic rings. The molecule has 1 aromatic carbocycles. The van der Waals surface area contributed by atoms with E-state index in [1.165, 1.54) is 7.05 Å². The molecule has 124 valence electrons. The smallest absolute Gasteiger partial charge is 0.325 e. The van der Waals surface area contributed by atoms with E-state index < -0.39 is 12.0 Å². The van der Waals surface area contributed by atoms with Crippen LogP contribution in [0.4, 0.5) is 18.9 Å². The molecule has 1 aromatic heterocycles. The maximum atomic E-state index is 12.6. The van der Waals surface area contributed by atoms with Crippen LogP contribution in [-0.2, 0) is 18.0 Å². The Bertz CT molecular complexity index is 732. The molecule has 0 saturated carbocycles. The van der Waals surface area contributed by atoms with Crippen LogP contribution in [0.3, 0.4) is 0 Å². The average Bonchev–Trinajstić information content (AvgIpc) is 2.83. The molecular weight excluding hydrogens is 353 g/mol. The van der Waals surface area contributed by atoms with Crippen molar-refractivity contribution in [2.75, 3.05) is 11.1 Å². The molecule has 0 fully saturated rings. The van der Waals surface area contributed by atoms with Gasteiger partial charge < -0.3 is 9.88 Å². The van der Waals surface area contributed by atoms with Crippen molar-refractivity contribution in [3.63, 3.8) is 0 Å². The van der Waals surface area contributed by atoms with Crippen molar-refractivity contribution in [1.29, 1.82) is 0 Å². The summed E-state index contributed by atoms with van der Waals surface area (Å²) in [6.45, 7) is 1.75. The molecule has 10 heteroatoms. The van der Waals surface area contributed by atoms with Crippen LogP contribution in [0.5, 0.6) is 0 Å². The SMILES string of the molecule is Cc1c(Cl)cccc1NC(=O)CSc1nnc(C(F)(F)F)n1C. The quantitative estimate of drug-likeness (QED) is 0.843. The Labute approximate surface area is 139 Å². The molecule has 0 atom stereocenters. The summed E-state index contributed by atoms with van der Waals surface area (Å²) in [5.74, 6) is -1.58. The van der Waals surface area contributed by atoms with E-state index in [1.807, 2.05) is 0 Å². The van der Waals surface area contributed by atoms with E-state index in [0.717, 1.165) is 16.3 Å². The molecule has 5 nitrogen and oxygen atoms in total. The zero-order valence-electron chi connectivity index (χ0n) is 12.1. The van der Waals surface area contributed by atoms with E-state index in [2.05, 4.69) is 15.5 Å². The largest absolute Gasteiger partial charge is 0.451 e. The van der Waals surface area contributed by atoms with Crippen molar-refractivity contribution in [2.45, 2.75) is 18.3 Å². The summed E-state index contributed by atoms with van der Waals surface area (Å²) in [6.07, 6.45) is -4.58. The standard InChI is InChI=1S/C13H12ClF3N4OS/c1-7-8(14)4-3-5-9(7)18-10(22)6-23-12-20-19-11(21(12)2)13(15,16)17/h3-5H,6H2,1-2H3,(H,18,22). The Kier molecular flexibility index (Phi) is 5.20. The van der Waals surface area contributed by atoms with Gasteiger partial charge in [-0.15, -0.1) is 10.2 Å². The first-order valence-electron chi connectivity index (χ1n) is 6.34. The van der Waals surface area contributed by atoms with Crippen molar-refractivity contribution < 1.29 is 18.0 Å². The number of rotatable bonds is 4. The first kappa shape index (κ1) is 17.6. The van der Waals surface area contributed by atoms with Crippen LogP contribution in [0.1, 0.15) is 11.4 Å². The fourth-order valence-corrected chi connectivity index (χ4v) is 2.63. The van der Waals surface area contributed by atoms with Crippen LogP contribution in [0.25, 0.3) is 0 Å². The second-order valence-electron chi connectivity index (χ2n) is 4.61. The number of amides is 1. The van der Waals surface area contributed by atoms with Gasteiger partial charge in [0.2, 0.25) is 11.7 Å². The predicted octanol–water partition coefficient (Wildman–Crippen LogP) is 3.53. The average molecular weight is 365 g/mol. The highest BCUT2D eigenvalue weighted by molar-refractivity contribution is 7.99. The molecule has 23 heavy (non-hydrogen) atoms. The van der Waals surface area contributed by atoms with Gasteiger partial charge in [-0.2, -0.15) is 13.2 Å². The molecule has 0 bridgehead atoms. The van der Waals surface area contributed by atoms with Crippen molar-refractivity contribution in [2.24, 2.45) is 7.05 Å². The third-order valence-corrected chi connectivity index (χ3v) is 4.39. The van der Waals surface area contributed by atoms with Crippen molar-refractivity contribution >= 4 is 35.0 Å². The number of alkyl halides is 3. The molecule has 2 rings (SSSR count). The molecule has 1 N–H and O–H groups in total. The summed E-state index contributed by atoms with van der Waals surface area (Å²) in [6, 6.07) is 5.07. The Balaban J connectivity index is 2.00. The molecule has 0 saturated heterocycles. The van der Waals surface area contributed by atoms with Crippen LogP contribution in [0, 0.1) is 6.92 Å². The number of thioether (sulfide) groups is 1. The summed E-state index contributed by atoms with van der Waals surface area (Å²) in [7, 11) is 1.20. The molecule has 1 amide bonds. The fraction of sp³-hybridized carbons (Fsp3) is 0.308. The van der Waals surface area contributed by atoms with Gasteiger partial charge in [0.05, 0.1) is 5.75 Å².